The first-order valence-corrected chi connectivity index (χ1v) is 10.3. The Hall–Kier alpha value is -2.21. The lowest BCUT2D eigenvalue weighted by molar-refractivity contribution is 0.0749. The lowest BCUT2D eigenvalue weighted by Gasteiger charge is -2.42. The third-order valence-corrected chi connectivity index (χ3v) is 6.03. The van der Waals surface area contributed by atoms with Crippen LogP contribution in [0.15, 0.2) is 16.5 Å². The maximum absolute atomic E-state index is 12.8. The monoisotopic (exact) mass is 403 g/mol. The first kappa shape index (κ1) is 19.1. The number of halogens is 1. The highest BCUT2D eigenvalue weighted by molar-refractivity contribution is 6.35. The highest BCUT2D eigenvalue weighted by atomic mass is 35.5. The standard InChI is InChI=1S/C21H26ClN3O3/c1-12(2)11-25(3)19(26)15-10-13-9-14(22)17-16(18(13)28-15)21(24-20(27)23-17)7-5-4-6-8-21/h9-10,12H,4-8,11H2,1-3H3,(H2,23,24,27). The molecule has 6 nitrogen and oxygen atoms in total. The van der Waals surface area contributed by atoms with Crippen molar-refractivity contribution in [2.24, 2.45) is 5.92 Å². The molecule has 1 aliphatic carbocycles. The summed E-state index contributed by atoms with van der Waals surface area (Å²) >= 11 is 6.53. The van der Waals surface area contributed by atoms with Crippen LogP contribution in [0.3, 0.4) is 0 Å². The van der Waals surface area contributed by atoms with Crippen molar-refractivity contribution in [2.75, 3.05) is 18.9 Å². The van der Waals surface area contributed by atoms with Gasteiger partial charge in [-0.25, -0.2) is 4.79 Å². The van der Waals surface area contributed by atoms with Crippen LogP contribution >= 0.6 is 11.6 Å². The normalized spacial score (nSPS) is 18.1. The van der Waals surface area contributed by atoms with Crippen molar-refractivity contribution in [1.29, 1.82) is 0 Å². The molecule has 0 unspecified atom stereocenters. The van der Waals surface area contributed by atoms with Crippen LogP contribution in [0.4, 0.5) is 10.5 Å². The van der Waals surface area contributed by atoms with E-state index in [0.29, 0.717) is 34.5 Å². The smallest absolute Gasteiger partial charge is 0.319 e. The van der Waals surface area contributed by atoms with Crippen molar-refractivity contribution >= 4 is 40.2 Å². The predicted octanol–water partition coefficient (Wildman–Crippen LogP) is 5.11. The summed E-state index contributed by atoms with van der Waals surface area (Å²) in [6.45, 7) is 4.79. The number of fused-ring (bicyclic) bond motifs is 4. The van der Waals surface area contributed by atoms with Gasteiger partial charge in [-0.15, -0.1) is 0 Å². The molecule has 150 valence electrons. The van der Waals surface area contributed by atoms with Crippen molar-refractivity contribution in [3.8, 4) is 0 Å². The Kier molecular flexibility index (Phi) is 4.78. The summed E-state index contributed by atoms with van der Waals surface area (Å²) in [4.78, 5) is 26.8. The topological polar surface area (TPSA) is 74.6 Å². The van der Waals surface area contributed by atoms with Crippen molar-refractivity contribution in [2.45, 2.75) is 51.5 Å². The SMILES string of the molecule is CC(C)CN(C)C(=O)c1cc2cc(Cl)c3c(c2o1)C1(CCCCC1)NC(=O)N3. The number of anilines is 1. The molecule has 4 rings (SSSR count). The molecule has 1 aromatic heterocycles. The Bertz CT molecular complexity index is 944. The quantitative estimate of drug-likeness (QED) is 0.747. The summed E-state index contributed by atoms with van der Waals surface area (Å²) in [6, 6.07) is 3.28. The molecule has 1 fully saturated rings. The molecule has 0 saturated heterocycles. The zero-order chi connectivity index (χ0) is 20.1. The number of rotatable bonds is 3. The average molecular weight is 404 g/mol. The van der Waals surface area contributed by atoms with Crippen LogP contribution in [0.2, 0.25) is 5.02 Å². The molecule has 2 aliphatic rings. The molecule has 2 aromatic rings. The summed E-state index contributed by atoms with van der Waals surface area (Å²) in [5, 5.41) is 7.23. The van der Waals surface area contributed by atoms with Gasteiger partial charge in [-0.05, 0) is 30.9 Å². The molecule has 3 amide bonds. The minimum absolute atomic E-state index is 0.153. The van der Waals surface area contributed by atoms with Gasteiger partial charge in [0, 0.05) is 24.5 Å². The Morgan fingerprint density at radius 2 is 2.00 bits per heavy atom. The predicted molar refractivity (Wildman–Crippen MR) is 110 cm³/mol. The van der Waals surface area contributed by atoms with Crippen LogP contribution in [-0.2, 0) is 5.54 Å². The van der Waals surface area contributed by atoms with E-state index in [1.807, 2.05) is 0 Å². The van der Waals surface area contributed by atoms with Crippen molar-refractivity contribution in [3.05, 3.63) is 28.5 Å². The number of nitrogens with one attached hydrogen (secondary N) is 2. The van der Waals surface area contributed by atoms with Gasteiger partial charge in [0.1, 0.15) is 5.58 Å². The van der Waals surface area contributed by atoms with Crippen LogP contribution < -0.4 is 10.6 Å². The number of carbonyl (C=O) groups excluding carboxylic acids is 2. The third-order valence-electron chi connectivity index (χ3n) is 5.73. The van der Waals surface area contributed by atoms with Gasteiger partial charge >= 0.3 is 6.03 Å². The molecular formula is C21H26ClN3O3. The molecule has 1 aliphatic heterocycles. The molecule has 1 aromatic carbocycles. The minimum Gasteiger partial charge on any atom is -0.450 e. The fourth-order valence-corrected chi connectivity index (χ4v) is 4.87. The van der Waals surface area contributed by atoms with E-state index < -0.39 is 5.54 Å². The third kappa shape index (κ3) is 3.13. The summed E-state index contributed by atoms with van der Waals surface area (Å²) in [5.41, 5.74) is 1.61. The molecule has 28 heavy (non-hydrogen) atoms. The molecule has 1 spiro atoms. The fourth-order valence-electron chi connectivity index (χ4n) is 4.61. The average Bonchev–Trinajstić information content (AvgIpc) is 3.04. The molecule has 0 atom stereocenters. The Morgan fingerprint density at radius 1 is 1.29 bits per heavy atom. The van der Waals surface area contributed by atoms with Gasteiger partial charge in [-0.1, -0.05) is 44.7 Å². The zero-order valence-corrected chi connectivity index (χ0v) is 17.3. The number of furan rings is 1. The number of nitrogens with zero attached hydrogens (tertiary/aromatic N) is 1. The van der Waals surface area contributed by atoms with E-state index in [0.717, 1.165) is 43.1 Å². The van der Waals surface area contributed by atoms with Gasteiger partial charge in [-0.3, -0.25) is 4.79 Å². The maximum atomic E-state index is 12.8. The molecule has 0 bridgehead atoms. The first-order chi connectivity index (χ1) is 13.3. The highest BCUT2D eigenvalue weighted by Gasteiger charge is 2.44. The summed E-state index contributed by atoms with van der Waals surface area (Å²) in [5.74, 6) is 0.510. The second-order valence-corrected chi connectivity index (χ2v) is 8.85. The van der Waals surface area contributed by atoms with Crippen LogP contribution in [0.5, 0.6) is 0 Å². The van der Waals surface area contributed by atoms with Crippen molar-refractivity contribution in [1.82, 2.24) is 10.2 Å². The van der Waals surface area contributed by atoms with E-state index in [9.17, 15) is 9.59 Å². The number of amides is 3. The molecule has 7 heteroatoms. The van der Waals surface area contributed by atoms with Crippen LogP contribution in [-0.4, -0.2) is 30.4 Å². The number of urea groups is 1. The first-order valence-electron chi connectivity index (χ1n) is 9.92. The van der Waals surface area contributed by atoms with E-state index in [1.165, 1.54) is 0 Å². The maximum Gasteiger partial charge on any atom is 0.319 e. The highest BCUT2D eigenvalue weighted by Crippen LogP contribution is 2.49. The number of hydrogen-bond acceptors (Lipinski definition) is 3. The summed E-state index contributed by atoms with van der Waals surface area (Å²) in [6.07, 6.45) is 4.86. The van der Waals surface area contributed by atoms with E-state index in [4.69, 9.17) is 16.0 Å². The number of carbonyl (C=O) groups is 2. The van der Waals surface area contributed by atoms with Crippen LogP contribution in [0.1, 0.15) is 62.1 Å². The summed E-state index contributed by atoms with van der Waals surface area (Å²) < 4.78 is 6.11. The second-order valence-electron chi connectivity index (χ2n) is 8.44. The van der Waals surface area contributed by atoms with E-state index >= 15 is 0 Å². The van der Waals surface area contributed by atoms with E-state index in [2.05, 4.69) is 24.5 Å². The van der Waals surface area contributed by atoms with Gasteiger partial charge in [-0.2, -0.15) is 0 Å². The molecule has 0 radical (unpaired) electrons. The Labute approximate surface area is 169 Å². The molecule has 2 N–H and O–H groups in total. The number of hydrogen-bond donors (Lipinski definition) is 2. The van der Waals surface area contributed by atoms with Gasteiger partial charge in [0.05, 0.1) is 16.2 Å². The van der Waals surface area contributed by atoms with Crippen molar-refractivity contribution < 1.29 is 14.0 Å². The number of benzene rings is 1. The lowest BCUT2D eigenvalue weighted by atomic mass is 9.74. The lowest BCUT2D eigenvalue weighted by Crippen LogP contribution is -2.52. The van der Waals surface area contributed by atoms with E-state index in [-0.39, 0.29) is 11.9 Å². The Balaban J connectivity index is 1.85. The largest absolute Gasteiger partial charge is 0.450 e. The van der Waals surface area contributed by atoms with Crippen molar-refractivity contribution in [3.63, 3.8) is 0 Å². The van der Waals surface area contributed by atoms with Gasteiger partial charge in [0.15, 0.2) is 5.76 Å². The van der Waals surface area contributed by atoms with Crippen LogP contribution in [0.25, 0.3) is 11.0 Å². The zero-order valence-electron chi connectivity index (χ0n) is 16.5. The second kappa shape index (κ2) is 6.99. The Morgan fingerprint density at radius 3 is 2.68 bits per heavy atom. The van der Waals surface area contributed by atoms with Gasteiger partial charge < -0.3 is 20.0 Å². The summed E-state index contributed by atoms with van der Waals surface area (Å²) in [7, 11) is 1.78. The van der Waals surface area contributed by atoms with Crippen LogP contribution in [0, 0.1) is 5.92 Å². The molecule has 1 saturated carbocycles. The van der Waals surface area contributed by atoms with Gasteiger partial charge in [0.25, 0.3) is 5.91 Å². The van der Waals surface area contributed by atoms with Gasteiger partial charge in [0.2, 0.25) is 0 Å². The molecule has 2 heterocycles. The minimum atomic E-state index is -0.499. The molecular weight excluding hydrogens is 378 g/mol. The van der Waals surface area contributed by atoms with E-state index in [1.54, 1.807) is 24.1 Å². The fraction of sp³-hybridized carbons (Fsp3) is 0.524.